The third-order valence-electron chi connectivity index (χ3n) is 5.43. The van der Waals surface area contributed by atoms with Crippen LogP contribution >= 0.6 is 0 Å². The predicted molar refractivity (Wildman–Crippen MR) is 127 cm³/mol. The molecule has 0 aliphatic rings. The fourth-order valence-electron chi connectivity index (χ4n) is 3.50. The van der Waals surface area contributed by atoms with Crippen LogP contribution in [0.1, 0.15) is 33.4 Å². The number of benzene rings is 3. The van der Waals surface area contributed by atoms with E-state index in [-0.39, 0.29) is 16.1 Å². The van der Waals surface area contributed by atoms with Gasteiger partial charge in [-0.1, -0.05) is 24.3 Å². The highest BCUT2D eigenvalue weighted by molar-refractivity contribution is 7.92. The number of nitrogens with zero attached hydrogens (tertiary/aromatic N) is 2. The zero-order valence-corrected chi connectivity index (χ0v) is 19.7. The summed E-state index contributed by atoms with van der Waals surface area (Å²) >= 11 is 0. The van der Waals surface area contributed by atoms with Crippen LogP contribution in [0, 0.1) is 18.6 Å². The first-order valence-electron chi connectivity index (χ1n) is 10.6. The summed E-state index contributed by atoms with van der Waals surface area (Å²) in [6, 6.07) is 14.5. The molecule has 1 unspecified atom stereocenters. The Hall–Kier alpha value is -4.05. The number of imidazole rings is 1. The van der Waals surface area contributed by atoms with Gasteiger partial charge in [-0.15, -0.1) is 0 Å². The lowest BCUT2D eigenvalue weighted by atomic mass is 10.0. The minimum Gasteiger partial charge on any atom is -0.338 e. The summed E-state index contributed by atoms with van der Waals surface area (Å²) in [7, 11) is -2.30. The normalized spacial score (nSPS) is 12.2. The van der Waals surface area contributed by atoms with Crippen molar-refractivity contribution in [1.82, 2.24) is 14.9 Å². The van der Waals surface area contributed by atoms with Gasteiger partial charge in [-0.25, -0.2) is 22.2 Å². The average molecular weight is 497 g/mol. The molecular formula is C25H22F2N4O3S. The van der Waals surface area contributed by atoms with Gasteiger partial charge in [-0.05, 0) is 60.5 Å². The van der Waals surface area contributed by atoms with Gasteiger partial charge < -0.3 is 9.88 Å². The second kappa shape index (κ2) is 9.67. The Bertz CT molecular complexity index is 1480. The largest absolute Gasteiger partial charge is 0.338 e. The van der Waals surface area contributed by atoms with Crippen molar-refractivity contribution in [3.05, 3.63) is 113 Å². The Labute approximate surface area is 201 Å². The summed E-state index contributed by atoms with van der Waals surface area (Å²) in [6.45, 7) is 1.53. The second-order valence-electron chi connectivity index (χ2n) is 7.95. The minimum absolute atomic E-state index is 0.133. The summed E-state index contributed by atoms with van der Waals surface area (Å²) in [5, 5.41) is 2.88. The van der Waals surface area contributed by atoms with Gasteiger partial charge in [0, 0.05) is 30.7 Å². The molecule has 0 saturated heterocycles. The van der Waals surface area contributed by atoms with Crippen molar-refractivity contribution < 1.29 is 22.0 Å². The molecule has 1 amide bonds. The SMILES string of the molecule is Cc1ccc(S(=O)(=O)Nc2cccc(C(=O)NC(c3ccc(F)cc3)c3nccn3C)c2)cc1F. The molecule has 0 fully saturated rings. The lowest BCUT2D eigenvalue weighted by Crippen LogP contribution is -2.31. The quantitative estimate of drug-likeness (QED) is 0.398. The summed E-state index contributed by atoms with van der Waals surface area (Å²) in [5.74, 6) is -1.01. The van der Waals surface area contributed by atoms with Crippen LogP contribution in [0.25, 0.3) is 0 Å². The number of sulfonamides is 1. The smallest absolute Gasteiger partial charge is 0.261 e. The van der Waals surface area contributed by atoms with E-state index in [1.165, 1.54) is 55.5 Å². The second-order valence-corrected chi connectivity index (χ2v) is 9.63. The third-order valence-corrected chi connectivity index (χ3v) is 6.80. The Kier molecular flexibility index (Phi) is 6.65. The topological polar surface area (TPSA) is 93.1 Å². The zero-order chi connectivity index (χ0) is 25.2. The Morgan fingerprint density at radius 1 is 1.03 bits per heavy atom. The number of hydrogen-bond acceptors (Lipinski definition) is 4. The molecule has 0 spiro atoms. The molecule has 7 nitrogen and oxygen atoms in total. The number of anilines is 1. The Balaban J connectivity index is 1.59. The lowest BCUT2D eigenvalue weighted by Gasteiger charge is -2.19. The Morgan fingerprint density at radius 3 is 2.43 bits per heavy atom. The van der Waals surface area contributed by atoms with E-state index >= 15 is 0 Å². The number of nitrogens with one attached hydrogen (secondary N) is 2. The summed E-state index contributed by atoms with van der Waals surface area (Å²) < 4.78 is 56.9. The number of halogens is 2. The highest BCUT2D eigenvalue weighted by Gasteiger charge is 2.22. The van der Waals surface area contributed by atoms with Crippen LogP contribution in [-0.4, -0.2) is 23.9 Å². The van der Waals surface area contributed by atoms with Crippen LogP contribution in [0.15, 0.2) is 84.0 Å². The van der Waals surface area contributed by atoms with Gasteiger partial charge in [-0.2, -0.15) is 0 Å². The third kappa shape index (κ3) is 5.38. The number of amides is 1. The van der Waals surface area contributed by atoms with Gasteiger partial charge in [-0.3, -0.25) is 9.52 Å². The molecule has 3 aromatic carbocycles. The van der Waals surface area contributed by atoms with E-state index < -0.39 is 33.6 Å². The predicted octanol–water partition coefficient (Wildman–Crippen LogP) is 4.33. The Morgan fingerprint density at radius 2 is 1.77 bits per heavy atom. The number of aryl methyl sites for hydroxylation is 2. The average Bonchev–Trinajstić information content (AvgIpc) is 3.25. The molecule has 2 N–H and O–H groups in total. The molecular weight excluding hydrogens is 474 g/mol. The number of carbonyl (C=O) groups excluding carboxylic acids is 1. The van der Waals surface area contributed by atoms with Crippen LogP contribution in [-0.2, 0) is 17.1 Å². The minimum atomic E-state index is -4.08. The molecule has 0 radical (unpaired) electrons. The van der Waals surface area contributed by atoms with E-state index in [4.69, 9.17) is 0 Å². The van der Waals surface area contributed by atoms with E-state index in [2.05, 4.69) is 15.0 Å². The van der Waals surface area contributed by atoms with E-state index in [1.54, 1.807) is 36.1 Å². The standard InChI is InChI=1S/C25H22F2N4O3S/c1-16-6-11-21(15-22(16)27)35(33,34)30-20-5-3-4-18(14-20)25(32)29-23(24-28-12-13-31(24)2)17-7-9-19(26)10-8-17/h3-15,23,30H,1-2H3,(H,29,32). The maximum absolute atomic E-state index is 13.9. The molecule has 35 heavy (non-hydrogen) atoms. The van der Waals surface area contributed by atoms with E-state index in [1.807, 2.05) is 0 Å². The first-order valence-corrected chi connectivity index (χ1v) is 12.0. The van der Waals surface area contributed by atoms with Crippen molar-refractivity contribution in [3.63, 3.8) is 0 Å². The van der Waals surface area contributed by atoms with Crippen LogP contribution in [0.3, 0.4) is 0 Å². The van der Waals surface area contributed by atoms with E-state index in [0.717, 1.165) is 6.07 Å². The molecule has 1 aromatic heterocycles. The molecule has 1 heterocycles. The monoisotopic (exact) mass is 496 g/mol. The first kappa shape index (κ1) is 24.1. The summed E-state index contributed by atoms with van der Waals surface area (Å²) in [5.41, 5.74) is 1.26. The van der Waals surface area contributed by atoms with Crippen LogP contribution in [0.4, 0.5) is 14.5 Å². The fourth-order valence-corrected chi connectivity index (χ4v) is 4.56. The maximum atomic E-state index is 13.9. The molecule has 10 heteroatoms. The van der Waals surface area contributed by atoms with Crippen molar-refractivity contribution >= 4 is 21.6 Å². The molecule has 1 atom stereocenters. The fraction of sp³-hybridized carbons (Fsp3) is 0.120. The summed E-state index contributed by atoms with van der Waals surface area (Å²) in [6.07, 6.45) is 3.31. The number of rotatable bonds is 7. The van der Waals surface area contributed by atoms with Gasteiger partial charge in [0.25, 0.3) is 15.9 Å². The van der Waals surface area contributed by atoms with Gasteiger partial charge in [0.15, 0.2) is 0 Å². The zero-order valence-electron chi connectivity index (χ0n) is 18.9. The highest BCUT2D eigenvalue weighted by atomic mass is 32.2. The van der Waals surface area contributed by atoms with Gasteiger partial charge in [0.2, 0.25) is 0 Å². The molecule has 0 saturated carbocycles. The van der Waals surface area contributed by atoms with Gasteiger partial charge in [0.1, 0.15) is 23.5 Å². The summed E-state index contributed by atoms with van der Waals surface area (Å²) in [4.78, 5) is 17.2. The lowest BCUT2D eigenvalue weighted by molar-refractivity contribution is 0.0941. The molecule has 4 rings (SSSR count). The number of aromatic nitrogens is 2. The molecule has 0 aliphatic heterocycles. The molecule has 4 aromatic rings. The van der Waals surface area contributed by atoms with Crippen molar-refractivity contribution in [1.29, 1.82) is 0 Å². The van der Waals surface area contributed by atoms with Gasteiger partial charge >= 0.3 is 0 Å². The van der Waals surface area contributed by atoms with Gasteiger partial charge in [0.05, 0.1) is 4.90 Å². The number of carbonyl (C=O) groups is 1. The molecule has 0 aliphatic carbocycles. The van der Waals surface area contributed by atoms with E-state index in [0.29, 0.717) is 17.0 Å². The maximum Gasteiger partial charge on any atom is 0.261 e. The van der Waals surface area contributed by atoms with Crippen LogP contribution < -0.4 is 10.0 Å². The van der Waals surface area contributed by atoms with Crippen molar-refractivity contribution in [2.75, 3.05) is 4.72 Å². The first-order chi connectivity index (χ1) is 16.6. The van der Waals surface area contributed by atoms with Crippen LogP contribution in [0.5, 0.6) is 0 Å². The van der Waals surface area contributed by atoms with Crippen molar-refractivity contribution in [2.45, 2.75) is 17.9 Å². The highest BCUT2D eigenvalue weighted by Crippen LogP contribution is 2.23. The van der Waals surface area contributed by atoms with Crippen LogP contribution in [0.2, 0.25) is 0 Å². The van der Waals surface area contributed by atoms with Crippen molar-refractivity contribution in [3.8, 4) is 0 Å². The molecule has 180 valence electrons. The van der Waals surface area contributed by atoms with E-state index in [9.17, 15) is 22.0 Å². The molecule has 0 bridgehead atoms. The number of hydrogen-bond donors (Lipinski definition) is 2. The van der Waals surface area contributed by atoms with Crippen molar-refractivity contribution in [2.24, 2.45) is 7.05 Å².